The van der Waals surface area contributed by atoms with Crippen LogP contribution in [-0.2, 0) is 0 Å². The first-order valence-electron chi connectivity index (χ1n) is 7.10. The van der Waals surface area contributed by atoms with Crippen molar-refractivity contribution < 1.29 is 14.6 Å². The Kier molecular flexibility index (Phi) is 4.95. The number of aliphatic hydroxyl groups is 1. The quantitative estimate of drug-likeness (QED) is 0.748. The van der Waals surface area contributed by atoms with Gasteiger partial charge in [0.05, 0.1) is 25.6 Å². The summed E-state index contributed by atoms with van der Waals surface area (Å²) in [5, 5.41) is 9.08. The summed E-state index contributed by atoms with van der Waals surface area (Å²) in [7, 11) is 3.23. The fourth-order valence-corrected chi connectivity index (χ4v) is 2.57. The number of aliphatic hydroxyl groups excluding tert-OH is 1. The Balaban J connectivity index is 2.31. The summed E-state index contributed by atoms with van der Waals surface area (Å²) in [6, 6.07) is 4.25. The van der Waals surface area contributed by atoms with Gasteiger partial charge in [-0.25, -0.2) is 0 Å². The zero-order chi connectivity index (χ0) is 14.5. The van der Waals surface area contributed by atoms with E-state index in [-0.39, 0.29) is 6.61 Å². The molecule has 0 heterocycles. The third kappa shape index (κ3) is 2.93. The van der Waals surface area contributed by atoms with Crippen molar-refractivity contribution in [3.05, 3.63) is 12.1 Å². The van der Waals surface area contributed by atoms with Crippen molar-refractivity contribution in [2.75, 3.05) is 38.0 Å². The lowest BCUT2D eigenvalue weighted by Gasteiger charge is -2.40. The molecule has 0 bridgehead atoms. The van der Waals surface area contributed by atoms with E-state index in [9.17, 15) is 0 Å². The summed E-state index contributed by atoms with van der Waals surface area (Å²) in [6.45, 7) is 0.997. The lowest BCUT2D eigenvalue weighted by Crippen LogP contribution is -2.41. The molecule has 1 aromatic carbocycles. The molecule has 0 saturated heterocycles. The Hall–Kier alpha value is -1.62. The smallest absolute Gasteiger partial charge is 0.162 e. The number of nitrogen functional groups attached to an aromatic ring is 1. The van der Waals surface area contributed by atoms with E-state index >= 15 is 0 Å². The van der Waals surface area contributed by atoms with Crippen molar-refractivity contribution in [1.29, 1.82) is 0 Å². The van der Waals surface area contributed by atoms with Crippen LogP contribution in [0.25, 0.3) is 0 Å². The van der Waals surface area contributed by atoms with Gasteiger partial charge in [-0.2, -0.15) is 0 Å². The number of rotatable bonds is 7. The topological polar surface area (TPSA) is 68.0 Å². The zero-order valence-corrected chi connectivity index (χ0v) is 12.3. The monoisotopic (exact) mass is 280 g/mol. The average Bonchev–Trinajstić information content (AvgIpc) is 2.41. The molecule has 1 aliphatic carbocycles. The van der Waals surface area contributed by atoms with Gasteiger partial charge in [-0.05, 0) is 25.7 Å². The molecule has 0 aromatic heterocycles. The van der Waals surface area contributed by atoms with Crippen LogP contribution >= 0.6 is 0 Å². The van der Waals surface area contributed by atoms with E-state index in [1.54, 1.807) is 20.3 Å². The van der Waals surface area contributed by atoms with Gasteiger partial charge in [-0.3, -0.25) is 0 Å². The molecule has 0 amide bonds. The second kappa shape index (κ2) is 6.70. The van der Waals surface area contributed by atoms with Crippen molar-refractivity contribution in [2.45, 2.75) is 31.7 Å². The van der Waals surface area contributed by atoms with Gasteiger partial charge in [-0.1, -0.05) is 0 Å². The molecule has 0 spiro atoms. The Bertz CT molecular complexity index is 447. The van der Waals surface area contributed by atoms with Crippen molar-refractivity contribution in [1.82, 2.24) is 0 Å². The first-order chi connectivity index (χ1) is 9.71. The minimum atomic E-state index is 0.191. The van der Waals surface area contributed by atoms with Gasteiger partial charge in [0, 0.05) is 31.3 Å². The molecule has 1 fully saturated rings. The average molecular weight is 280 g/mol. The highest BCUT2D eigenvalue weighted by molar-refractivity contribution is 5.73. The number of ether oxygens (including phenoxy) is 2. The number of hydrogen-bond acceptors (Lipinski definition) is 5. The number of hydrogen-bond donors (Lipinski definition) is 2. The molecule has 5 heteroatoms. The molecule has 0 aliphatic heterocycles. The highest BCUT2D eigenvalue weighted by Crippen LogP contribution is 2.40. The van der Waals surface area contributed by atoms with Crippen LogP contribution in [0.3, 0.4) is 0 Å². The maximum absolute atomic E-state index is 9.08. The van der Waals surface area contributed by atoms with Crippen LogP contribution in [0.2, 0.25) is 0 Å². The molecule has 2 rings (SSSR count). The maximum atomic E-state index is 9.08. The number of methoxy groups -OCH3 is 2. The molecular weight excluding hydrogens is 256 g/mol. The Morgan fingerprint density at radius 1 is 1.25 bits per heavy atom. The zero-order valence-electron chi connectivity index (χ0n) is 12.3. The predicted molar refractivity (Wildman–Crippen MR) is 80.6 cm³/mol. The second-order valence-electron chi connectivity index (χ2n) is 5.12. The van der Waals surface area contributed by atoms with Crippen LogP contribution in [-0.4, -0.2) is 38.5 Å². The minimum absolute atomic E-state index is 0.191. The molecule has 0 unspecified atom stereocenters. The van der Waals surface area contributed by atoms with E-state index < -0.39 is 0 Å². The first kappa shape index (κ1) is 14.8. The predicted octanol–water partition coefficient (Wildman–Crippen LogP) is 2.03. The molecule has 0 radical (unpaired) electrons. The standard InChI is InChI=1S/C15H24N2O3/c1-19-14-9-12(16)13(10-15(14)20-2)17(7-4-8-18)11-5-3-6-11/h9-11,18H,3-8,16H2,1-2H3. The van der Waals surface area contributed by atoms with E-state index in [0.29, 0.717) is 23.2 Å². The van der Waals surface area contributed by atoms with Crippen LogP contribution in [0.4, 0.5) is 11.4 Å². The molecule has 5 nitrogen and oxygen atoms in total. The summed E-state index contributed by atoms with van der Waals surface area (Å²) in [4.78, 5) is 2.29. The molecule has 1 saturated carbocycles. The summed E-state index contributed by atoms with van der Waals surface area (Å²) < 4.78 is 10.6. The van der Waals surface area contributed by atoms with Crippen LogP contribution in [0.1, 0.15) is 25.7 Å². The molecule has 3 N–H and O–H groups in total. The number of nitrogens with two attached hydrogens (primary N) is 1. The summed E-state index contributed by atoms with van der Waals surface area (Å²) in [6.07, 6.45) is 4.36. The number of benzene rings is 1. The minimum Gasteiger partial charge on any atom is -0.493 e. The highest BCUT2D eigenvalue weighted by atomic mass is 16.5. The van der Waals surface area contributed by atoms with Crippen LogP contribution in [0, 0.1) is 0 Å². The molecular formula is C15H24N2O3. The van der Waals surface area contributed by atoms with E-state index in [4.69, 9.17) is 20.3 Å². The molecule has 1 aliphatic rings. The molecule has 112 valence electrons. The Morgan fingerprint density at radius 3 is 2.40 bits per heavy atom. The maximum Gasteiger partial charge on any atom is 0.162 e. The van der Waals surface area contributed by atoms with Gasteiger partial charge in [-0.15, -0.1) is 0 Å². The third-order valence-electron chi connectivity index (χ3n) is 3.91. The van der Waals surface area contributed by atoms with Gasteiger partial charge >= 0.3 is 0 Å². The highest BCUT2D eigenvalue weighted by Gasteiger charge is 2.27. The lowest BCUT2D eigenvalue weighted by atomic mass is 9.90. The van der Waals surface area contributed by atoms with Gasteiger partial charge < -0.3 is 25.2 Å². The van der Waals surface area contributed by atoms with Crippen LogP contribution in [0.15, 0.2) is 12.1 Å². The second-order valence-corrected chi connectivity index (χ2v) is 5.12. The van der Waals surface area contributed by atoms with E-state index in [1.807, 2.05) is 6.07 Å². The number of nitrogens with zero attached hydrogens (tertiary/aromatic N) is 1. The van der Waals surface area contributed by atoms with Crippen molar-refractivity contribution in [2.24, 2.45) is 0 Å². The van der Waals surface area contributed by atoms with Crippen molar-refractivity contribution >= 4 is 11.4 Å². The van der Waals surface area contributed by atoms with E-state index in [1.165, 1.54) is 19.3 Å². The SMILES string of the molecule is COc1cc(N)c(N(CCCO)C2CCC2)cc1OC. The summed E-state index contributed by atoms with van der Waals surface area (Å²) in [5.74, 6) is 1.33. The third-order valence-corrected chi connectivity index (χ3v) is 3.91. The van der Waals surface area contributed by atoms with Gasteiger partial charge in [0.1, 0.15) is 0 Å². The molecule has 20 heavy (non-hydrogen) atoms. The van der Waals surface area contributed by atoms with Gasteiger partial charge in [0.2, 0.25) is 0 Å². The number of anilines is 2. The molecule has 1 aromatic rings. The van der Waals surface area contributed by atoms with E-state index in [0.717, 1.165) is 18.7 Å². The normalized spacial score (nSPS) is 14.8. The van der Waals surface area contributed by atoms with Crippen molar-refractivity contribution in [3.8, 4) is 11.5 Å². The molecule has 0 atom stereocenters. The van der Waals surface area contributed by atoms with E-state index in [2.05, 4.69) is 4.90 Å². The first-order valence-corrected chi connectivity index (χ1v) is 7.10. The fourth-order valence-electron chi connectivity index (χ4n) is 2.57. The van der Waals surface area contributed by atoms with Crippen LogP contribution < -0.4 is 20.1 Å². The Morgan fingerprint density at radius 2 is 1.90 bits per heavy atom. The van der Waals surface area contributed by atoms with Gasteiger partial charge in [0.15, 0.2) is 11.5 Å². The van der Waals surface area contributed by atoms with Crippen molar-refractivity contribution in [3.63, 3.8) is 0 Å². The van der Waals surface area contributed by atoms with Gasteiger partial charge in [0.25, 0.3) is 0 Å². The largest absolute Gasteiger partial charge is 0.493 e. The fraction of sp³-hybridized carbons (Fsp3) is 0.600. The summed E-state index contributed by atoms with van der Waals surface area (Å²) in [5.41, 5.74) is 7.83. The Labute approximate surface area is 120 Å². The van der Waals surface area contributed by atoms with Crippen LogP contribution in [0.5, 0.6) is 11.5 Å². The summed E-state index contributed by atoms with van der Waals surface area (Å²) >= 11 is 0. The lowest BCUT2D eigenvalue weighted by molar-refractivity contribution is 0.283.